The summed E-state index contributed by atoms with van der Waals surface area (Å²) >= 11 is 0. The van der Waals surface area contributed by atoms with E-state index in [1.165, 1.54) is 5.56 Å². The van der Waals surface area contributed by atoms with Crippen LogP contribution >= 0.6 is 0 Å². The Hall–Kier alpha value is -2.06. The van der Waals surface area contributed by atoms with Crippen molar-refractivity contribution in [2.24, 2.45) is 0 Å². The third-order valence-electron chi connectivity index (χ3n) is 3.91. The summed E-state index contributed by atoms with van der Waals surface area (Å²) in [5, 5.41) is 0. The molecule has 0 saturated heterocycles. The van der Waals surface area contributed by atoms with Gasteiger partial charge in [0.15, 0.2) is 0 Å². The van der Waals surface area contributed by atoms with Gasteiger partial charge in [-0.05, 0) is 42.8 Å². The third-order valence-corrected chi connectivity index (χ3v) is 3.91. The predicted octanol–water partition coefficient (Wildman–Crippen LogP) is 4.97. The third kappa shape index (κ3) is 6.29. The van der Waals surface area contributed by atoms with E-state index in [2.05, 4.69) is 67.3 Å². The molecule has 2 rings (SSSR count). The quantitative estimate of drug-likeness (QED) is 0.479. The topological polar surface area (TPSA) is 12.5 Å². The van der Waals surface area contributed by atoms with Crippen molar-refractivity contribution in [2.75, 3.05) is 26.2 Å². The summed E-state index contributed by atoms with van der Waals surface area (Å²) < 4.78 is 5.88. The second-order valence-electron chi connectivity index (χ2n) is 5.55. The minimum absolute atomic E-state index is 0.766. The number of hydrogen-bond acceptors (Lipinski definition) is 2. The Morgan fingerprint density at radius 1 is 0.870 bits per heavy atom. The van der Waals surface area contributed by atoms with Crippen molar-refractivity contribution in [1.82, 2.24) is 4.90 Å². The number of hydrogen-bond donors (Lipinski definition) is 0. The fraction of sp³-hybridized carbons (Fsp3) is 0.333. The maximum absolute atomic E-state index is 5.88. The summed E-state index contributed by atoms with van der Waals surface area (Å²) in [5.41, 5.74) is 2.37. The number of benzene rings is 2. The van der Waals surface area contributed by atoms with Crippen molar-refractivity contribution in [2.45, 2.75) is 20.3 Å². The second kappa shape index (κ2) is 9.86. The SMILES string of the molecule is CCN(CC)CCCOc1cccc(C=Cc2ccccc2)c1. The lowest BCUT2D eigenvalue weighted by Crippen LogP contribution is -2.25. The lowest BCUT2D eigenvalue weighted by molar-refractivity contribution is 0.249. The molecule has 0 amide bonds. The largest absolute Gasteiger partial charge is 0.494 e. The van der Waals surface area contributed by atoms with Crippen LogP contribution in [0.25, 0.3) is 12.2 Å². The molecule has 23 heavy (non-hydrogen) atoms. The molecule has 0 fully saturated rings. The van der Waals surface area contributed by atoms with Gasteiger partial charge < -0.3 is 9.64 Å². The van der Waals surface area contributed by atoms with Gasteiger partial charge >= 0.3 is 0 Å². The van der Waals surface area contributed by atoms with Crippen LogP contribution in [0.15, 0.2) is 54.6 Å². The standard InChI is InChI=1S/C21H27NO/c1-3-22(4-2)16-9-17-23-21-13-8-12-20(18-21)15-14-19-10-6-5-7-11-19/h5-8,10-15,18H,3-4,9,16-17H2,1-2H3. The highest BCUT2D eigenvalue weighted by Crippen LogP contribution is 2.16. The predicted molar refractivity (Wildman–Crippen MR) is 99.7 cm³/mol. The summed E-state index contributed by atoms with van der Waals surface area (Å²) in [4.78, 5) is 2.42. The first kappa shape index (κ1) is 17.3. The molecule has 0 N–H and O–H groups in total. The minimum atomic E-state index is 0.766. The van der Waals surface area contributed by atoms with E-state index < -0.39 is 0 Å². The molecule has 0 aliphatic heterocycles. The van der Waals surface area contributed by atoms with Gasteiger partial charge in [0.1, 0.15) is 5.75 Å². The van der Waals surface area contributed by atoms with Crippen LogP contribution in [0.1, 0.15) is 31.4 Å². The van der Waals surface area contributed by atoms with Gasteiger partial charge in [-0.2, -0.15) is 0 Å². The Balaban J connectivity index is 1.84. The smallest absolute Gasteiger partial charge is 0.119 e. The summed E-state index contributed by atoms with van der Waals surface area (Å²) in [6.07, 6.45) is 5.31. The molecule has 0 bridgehead atoms. The summed E-state index contributed by atoms with van der Waals surface area (Å²) in [7, 11) is 0. The number of ether oxygens (including phenoxy) is 1. The van der Waals surface area contributed by atoms with Gasteiger partial charge in [-0.3, -0.25) is 0 Å². The first-order valence-electron chi connectivity index (χ1n) is 8.50. The molecule has 2 nitrogen and oxygen atoms in total. The molecule has 0 spiro atoms. The van der Waals surface area contributed by atoms with E-state index in [0.29, 0.717) is 0 Å². The Bertz CT molecular complexity index is 588. The van der Waals surface area contributed by atoms with Crippen molar-refractivity contribution in [3.8, 4) is 5.75 Å². The molecular formula is C21H27NO. The number of rotatable bonds is 9. The fourth-order valence-corrected chi connectivity index (χ4v) is 2.48. The van der Waals surface area contributed by atoms with Crippen LogP contribution in [0.5, 0.6) is 5.75 Å². The van der Waals surface area contributed by atoms with Crippen molar-refractivity contribution >= 4 is 12.2 Å². The molecule has 0 aliphatic rings. The van der Waals surface area contributed by atoms with Gasteiger partial charge in [-0.15, -0.1) is 0 Å². The zero-order valence-corrected chi connectivity index (χ0v) is 14.2. The summed E-state index contributed by atoms with van der Waals surface area (Å²) in [5.74, 6) is 0.944. The molecule has 2 heteroatoms. The molecule has 2 aromatic carbocycles. The van der Waals surface area contributed by atoms with Crippen LogP contribution in [-0.2, 0) is 0 Å². The molecule has 0 radical (unpaired) electrons. The summed E-state index contributed by atoms with van der Waals surface area (Å²) in [6, 6.07) is 18.6. The average Bonchev–Trinajstić information content (AvgIpc) is 2.61. The number of nitrogens with zero attached hydrogens (tertiary/aromatic N) is 1. The molecule has 0 atom stereocenters. The minimum Gasteiger partial charge on any atom is -0.494 e. The van der Waals surface area contributed by atoms with E-state index in [0.717, 1.165) is 44.0 Å². The highest BCUT2D eigenvalue weighted by molar-refractivity contribution is 5.70. The Kier molecular flexibility index (Phi) is 7.41. The van der Waals surface area contributed by atoms with E-state index in [9.17, 15) is 0 Å². The Morgan fingerprint density at radius 3 is 2.30 bits per heavy atom. The van der Waals surface area contributed by atoms with Crippen molar-refractivity contribution < 1.29 is 4.74 Å². The van der Waals surface area contributed by atoms with Crippen LogP contribution in [0.3, 0.4) is 0 Å². The molecular weight excluding hydrogens is 282 g/mol. The van der Waals surface area contributed by atoms with Gasteiger partial charge in [0.25, 0.3) is 0 Å². The Labute approximate surface area is 140 Å². The lowest BCUT2D eigenvalue weighted by Gasteiger charge is -2.17. The highest BCUT2D eigenvalue weighted by atomic mass is 16.5. The van der Waals surface area contributed by atoms with E-state index in [1.807, 2.05) is 18.2 Å². The monoisotopic (exact) mass is 309 g/mol. The van der Waals surface area contributed by atoms with E-state index >= 15 is 0 Å². The normalized spacial score (nSPS) is 11.3. The average molecular weight is 309 g/mol. The zero-order valence-electron chi connectivity index (χ0n) is 14.2. The molecule has 0 saturated carbocycles. The van der Waals surface area contributed by atoms with Crippen LogP contribution in [0, 0.1) is 0 Å². The van der Waals surface area contributed by atoms with Crippen molar-refractivity contribution in [3.05, 3.63) is 65.7 Å². The highest BCUT2D eigenvalue weighted by Gasteiger charge is 1.99. The van der Waals surface area contributed by atoms with Crippen molar-refractivity contribution in [1.29, 1.82) is 0 Å². The van der Waals surface area contributed by atoms with E-state index in [-0.39, 0.29) is 0 Å². The van der Waals surface area contributed by atoms with Gasteiger partial charge in [-0.1, -0.05) is 68.5 Å². The first-order chi connectivity index (χ1) is 11.3. The zero-order chi connectivity index (χ0) is 16.3. The van der Waals surface area contributed by atoms with E-state index in [4.69, 9.17) is 4.74 Å². The second-order valence-corrected chi connectivity index (χ2v) is 5.55. The lowest BCUT2D eigenvalue weighted by atomic mass is 10.1. The van der Waals surface area contributed by atoms with Crippen LogP contribution in [0.2, 0.25) is 0 Å². The van der Waals surface area contributed by atoms with E-state index in [1.54, 1.807) is 0 Å². The van der Waals surface area contributed by atoms with Gasteiger partial charge in [0, 0.05) is 6.54 Å². The van der Waals surface area contributed by atoms with Gasteiger partial charge in [-0.25, -0.2) is 0 Å². The Morgan fingerprint density at radius 2 is 1.57 bits per heavy atom. The first-order valence-corrected chi connectivity index (χ1v) is 8.50. The molecule has 0 aromatic heterocycles. The van der Waals surface area contributed by atoms with Crippen LogP contribution in [-0.4, -0.2) is 31.1 Å². The molecule has 0 unspecified atom stereocenters. The van der Waals surface area contributed by atoms with Gasteiger partial charge in [0.2, 0.25) is 0 Å². The maximum atomic E-state index is 5.88. The van der Waals surface area contributed by atoms with Gasteiger partial charge in [0.05, 0.1) is 6.61 Å². The van der Waals surface area contributed by atoms with Crippen molar-refractivity contribution in [3.63, 3.8) is 0 Å². The fourth-order valence-electron chi connectivity index (χ4n) is 2.48. The molecule has 0 heterocycles. The molecule has 0 aliphatic carbocycles. The van der Waals surface area contributed by atoms with Crippen LogP contribution < -0.4 is 4.74 Å². The molecule has 2 aromatic rings. The van der Waals surface area contributed by atoms with Crippen LogP contribution in [0.4, 0.5) is 0 Å². The maximum Gasteiger partial charge on any atom is 0.119 e. The summed E-state index contributed by atoms with van der Waals surface area (Å²) in [6.45, 7) is 8.48. The molecule has 122 valence electrons.